The van der Waals surface area contributed by atoms with Crippen molar-refractivity contribution in [3.05, 3.63) is 11.8 Å². The van der Waals surface area contributed by atoms with E-state index in [4.69, 9.17) is 0 Å². The van der Waals surface area contributed by atoms with E-state index in [1.54, 1.807) is 5.98 Å². The first-order valence-corrected chi connectivity index (χ1v) is 2.81. The zero-order chi connectivity index (χ0) is 5.98. The van der Waals surface area contributed by atoms with E-state index in [0.717, 1.165) is 6.42 Å². The van der Waals surface area contributed by atoms with Crippen molar-refractivity contribution in [2.24, 2.45) is 0 Å². The molecule has 0 nitrogen and oxygen atoms in total. The van der Waals surface area contributed by atoms with Crippen molar-refractivity contribution in [2.75, 3.05) is 0 Å². The summed E-state index contributed by atoms with van der Waals surface area (Å²) < 4.78 is 12.2. The molecule has 1 heterocycles. The fourth-order valence-corrected chi connectivity index (χ4v) is 0.716. The second-order valence-corrected chi connectivity index (χ2v) is 2.13. The molecule has 0 aromatic heterocycles. The maximum atomic E-state index is 12.2. The molecule has 42 valence electrons. The van der Waals surface area contributed by atoms with Crippen molar-refractivity contribution >= 4 is 12.4 Å². The molecular formula is C6H8BF. The van der Waals surface area contributed by atoms with E-state index in [-0.39, 0.29) is 5.83 Å². The van der Waals surface area contributed by atoms with Gasteiger partial charge in [-0.15, -0.1) is 0 Å². The van der Waals surface area contributed by atoms with Gasteiger partial charge in [-0.25, -0.2) is 0 Å². The fraction of sp³-hybridized carbons (Fsp3) is 0.500. The summed E-state index contributed by atoms with van der Waals surface area (Å²) in [6.45, 7) is 3.85. The molecule has 0 amide bonds. The third kappa shape index (κ3) is 1.29. The number of hydrogen-bond acceptors (Lipinski definition) is 0. The van der Waals surface area contributed by atoms with Gasteiger partial charge < -0.3 is 0 Å². The van der Waals surface area contributed by atoms with Gasteiger partial charge in [-0.2, -0.15) is 0 Å². The van der Waals surface area contributed by atoms with Crippen molar-refractivity contribution in [2.45, 2.75) is 19.8 Å². The first-order chi connectivity index (χ1) is 3.79. The Bertz CT molecular complexity index is 129. The van der Waals surface area contributed by atoms with Crippen molar-refractivity contribution in [1.82, 2.24) is 0 Å². The average molecular weight is 110 g/mol. The molecule has 0 atom stereocenters. The van der Waals surface area contributed by atoms with Crippen LogP contribution in [0.25, 0.3) is 0 Å². The van der Waals surface area contributed by atoms with Crippen LogP contribution in [-0.4, -0.2) is 12.4 Å². The molecule has 0 bridgehead atoms. The van der Waals surface area contributed by atoms with Crippen LogP contribution in [0.1, 0.15) is 19.8 Å². The van der Waals surface area contributed by atoms with E-state index in [1.807, 2.05) is 13.8 Å². The van der Waals surface area contributed by atoms with Crippen molar-refractivity contribution in [1.29, 1.82) is 0 Å². The van der Waals surface area contributed by atoms with Crippen LogP contribution in [0.3, 0.4) is 0 Å². The van der Waals surface area contributed by atoms with Gasteiger partial charge >= 0.3 is 48.3 Å². The van der Waals surface area contributed by atoms with Gasteiger partial charge in [0, 0.05) is 0 Å². The first-order valence-electron chi connectivity index (χ1n) is 2.81. The van der Waals surface area contributed by atoms with Gasteiger partial charge in [0.05, 0.1) is 0 Å². The molecule has 0 aromatic rings. The van der Waals surface area contributed by atoms with Gasteiger partial charge in [0.1, 0.15) is 0 Å². The number of rotatable bonds is 0. The summed E-state index contributed by atoms with van der Waals surface area (Å²) in [7, 11) is 0. The van der Waals surface area contributed by atoms with Crippen LogP contribution in [0.4, 0.5) is 4.39 Å². The minimum atomic E-state index is 0.00981. The Hall–Kier alpha value is -0.395. The van der Waals surface area contributed by atoms with Crippen LogP contribution in [0.5, 0.6) is 0 Å². The van der Waals surface area contributed by atoms with Crippen LogP contribution >= 0.6 is 0 Å². The second-order valence-electron chi connectivity index (χ2n) is 2.13. The number of halogens is 1. The molecule has 0 fully saturated rings. The Labute approximate surface area is 49.3 Å². The number of allylic oxidation sites excluding steroid dienone is 1. The molecule has 1 rings (SSSR count). The van der Waals surface area contributed by atoms with Crippen LogP contribution in [0.15, 0.2) is 11.8 Å². The maximum absolute atomic E-state index is 12.2. The molecule has 0 aliphatic carbocycles. The predicted octanol–water partition coefficient (Wildman–Crippen LogP) is 1.49. The van der Waals surface area contributed by atoms with E-state index >= 15 is 0 Å². The van der Waals surface area contributed by atoms with E-state index in [9.17, 15) is 4.39 Å². The Balaban J connectivity index is 2.65. The van der Waals surface area contributed by atoms with Gasteiger partial charge in [-0.3, -0.25) is 0 Å². The van der Waals surface area contributed by atoms with Gasteiger partial charge in [0.15, 0.2) is 0 Å². The van der Waals surface area contributed by atoms with Crippen molar-refractivity contribution in [3.63, 3.8) is 0 Å². The minimum absolute atomic E-state index is 0.00981. The molecule has 1 aliphatic heterocycles. The molecule has 0 spiro atoms. The monoisotopic (exact) mass is 110 g/mol. The molecule has 1 aliphatic rings. The fourth-order valence-electron chi connectivity index (χ4n) is 0.716. The molecule has 8 heavy (non-hydrogen) atoms. The quantitative estimate of drug-likeness (QED) is 0.414. The third-order valence-electron chi connectivity index (χ3n) is 1.31. The van der Waals surface area contributed by atoms with Crippen molar-refractivity contribution in [3.8, 4) is 0 Å². The summed E-state index contributed by atoms with van der Waals surface area (Å²) >= 11 is 0. The predicted molar refractivity (Wildman–Crippen MR) is 34.9 cm³/mol. The zero-order valence-electron chi connectivity index (χ0n) is 4.95. The summed E-state index contributed by atoms with van der Waals surface area (Å²) in [5.41, 5.74) is 1.27. The Kier molecular flexibility index (Phi) is 1.61. The van der Waals surface area contributed by atoms with Crippen LogP contribution in [0.2, 0.25) is 0 Å². The summed E-state index contributed by atoms with van der Waals surface area (Å²) in [5.74, 6) is 1.55. The van der Waals surface area contributed by atoms with E-state index in [0.29, 0.717) is 6.42 Å². The van der Waals surface area contributed by atoms with E-state index in [1.165, 1.54) is 5.46 Å². The normalized spacial score (nSPS) is 18.8. The van der Waals surface area contributed by atoms with Crippen molar-refractivity contribution < 1.29 is 4.39 Å². The topological polar surface area (TPSA) is 0 Å². The summed E-state index contributed by atoms with van der Waals surface area (Å²) in [5, 5.41) is 0. The average Bonchev–Trinajstić information content (AvgIpc) is 1.77. The van der Waals surface area contributed by atoms with E-state index < -0.39 is 0 Å². The Morgan fingerprint density at radius 1 is 1.62 bits per heavy atom. The molecule has 0 saturated carbocycles. The number of hydrogen-bond donors (Lipinski definition) is 0. The molecule has 0 saturated heterocycles. The summed E-state index contributed by atoms with van der Waals surface area (Å²) in [6.07, 6.45) is 1.49. The molecular weight excluding hydrogens is 102 g/mol. The van der Waals surface area contributed by atoms with Crippen LogP contribution < -0.4 is 0 Å². The molecule has 0 N–H and O–H groups in total. The standard InChI is InChI=1S/C6H8BF/c1-5-2-3-6(8)4-7-5/h4H,2-3H2,1H3. The summed E-state index contributed by atoms with van der Waals surface area (Å²) in [6, 6.07) is 0. The van der Waals surface area contributed by atoms with Gasteiger partial charge in [-0.1, -0.05) is 0 Å². The molecule has 0 unspecified atom stereocenters. The second kappa shape index (κ2) is 2.25. The van der Waals surface area contributed by atoms with E-state index in [2.05, 4.69) is 0 Å². The summed E-state index contributed by atoms with van der Waals surface area (Å²) in [4.78, 5) is 0. The van der Waals surface area contributed by atoms with Gasteiger partial charge in [0.2, 0.25) is 0 Å². The van der Waals surface area contributed by atoms with Gasteiger partial charge in [-0.05, 0) is 0 Å². The Morgan fingerprint density at radius 3 is 2.75 bits per heavy atom. The van der Waals surface area contributed by atoms with Gasteiger partial charge in [0.25, 0.3) is 0 Å². The third-order valence-corrected chi connectivity index (χ3v) is 1.31. The Morgan fingerprint density at radius 2 is 2.38 bits per heavy atom. The van der Waals surface area contributed by atoms with Crippen LogP contribution in [0, 0.1) is 0 Å². The first kappa shape index (κ1) is 5.74. The molecule has 0 radical (unpaired) electrons. The van der Waals surface area contributed by atoms with Crippen LogP contribution in [-0.2, 0) is 0 Å². The molecule has 2 heteroatoms. The zero-order valence-corrected chi connectivity index (χ0v) is 4.95. The molecule has 0 aromatic carbocycles. The SMILES string of the molecule is CC1=BC=C(F)CC1.